The molecule has 1 aliphatic carbocycles. The van der Waals surface area contributed by atoms with Gasteiger partial charge in [0.2, 0.25) is 5.95 Å². The van der Waals surface area contributed by atoms with Crippen LogP contribution in [0.25, 0.3) is 0 Å². The Morgan fingerprint density at radius 1 is 1.10 bits per heavy atom. The number of rotatable bonds is 2. The van der Waals surface area contributed by atoms with E-state index < -0.39 is 0 Å². The highest BCUT2D eigenvalue weighted by atomic mass is 16.1. The van der Waals surface area contributed by atoms with Gasteiger partial charge in [-0.3, -0.25) is 4.79 Å². The first-order valence-electron chi connectivity index (χ1n) is 11.4. The maximum absolute atomic E-state index is 13.4. The van der Waals surface area contributed by atoms with Gasteiger partial charge in [0.25, 0.3) is 0 Å². The number of carbonyl (C=O) groups excluding carboxylic acids is 1. The van der Waals surface area contributed by atoms with Crippen molar-refractivity contribution in [2.45, 2.75) is 58.8 Å². The maximum atomic E-state index is 13.4. The number of nitrogen functional groups attached to an aromatic ring is 1. The van der Waals surface area contributed by atoms with E-state index in [0.29, 0.717) is 18.2 Å². The molecule has 0 amide bonds. The number of nitrogens with two attached hydrogens (primary N) is 1. The smallest absolute Gasteiger partial charge is 0.229 e. The summed E-state index contributed by atoms with van der Waals surface area (Å²) >= 11 is 0. The number of aryl methyl sites for hydroxylation is 1. The maximum Gasteiger partial charge on any atom is 0.229 e. The van der Waals surface area contributed by atoms with Crippen LogP contribution in [-0.4, -0.2) is 28.8 Å². The molecule has 6 nitrogen and oxygen atoms in total. The van der Waals surface area contributed by atoms with Gasteiger partial charge < -0.3 is 16.0 Å². The van der Waals surface area contributed by atoms with E-state index in [1.165, 1.54) is 6.42 Å². The molecule has 1 aromatic heterocycles. The molecule has 31 heavy (non-hydrogen) atoms. The van der Waals surface area contributed by atoms with Crippen LogP contribution in [0.3, 0.4) is 0 Å². The van der Waals surface area contributed by atoms with Gasteiger partial charge in [0.1, 0.15) is 11.6 Å². The van der Waals surface area contributed by atoms with Crippen molar-refractivity contribution in [3.63, 3.8) is 0 Å². The van der Waals surface area contributed by atoms with Crippen molar-refractivity contribution in [2.75, 3.05) is 29.0 Å². The lowest BCUT2D eigenvalue weighted by Crippen LogP contribution is -2.36. The molecule has 5 rings (SSSR count). The Labute approximate surface area is 184 Å². The van der Waals surface area contributed by atoms with E-state index in [1.807, 2.05) is 12.1 Å². The summed E-state index contributed by atoms with van der Waals surface area (Å²) in [4.78, 5) is 25.3. The lowest BCUT2D eigenvalue weighted by Gasteiger charge is -2.40. The lowest BCUT2D eigenvalue weighted by atomic mass is 9.68. The number of hydrogen-bond acceptors (Lipinski definition) is 6. The quantitative estimate of drug-likeness (QED) is 0.745. The summed E-state index contributed by atoms with van der Waals surface area (Å²) in [7, 11) is 0. The van der Waals surface area contributed by atoms with Gasteiger partial charge in [0, 0.05) is 42.3 Å². The monoisotopic (exact) mass is 417 g/mol. The van der Waals surface area contributed by atoms with E-state index in [9.17, 15) is 4.79 Å². The van der Waals surface area contributed by atoms with Crippen molar-refractivity contribution in [3.05, 3.63) is 52.2 Å². The van der Waals surface area contributed by atoms with E-state index in [1.54, 1.807) is 0 Å². The highest BCUT2D eigenvalue weighted by molar-refractivity contribution is 6.02. The number of nitrogens with zero attached hydrogens (tertiary/aromatic N) is 3. The van der Waals surface area contributed by atoms with Crippen LogP contribution >= 0.6 is 0 Å². The topological polar surface area (TPSA) is 84.1 Å². The van der Waals surface area contributed by atoms with Gasteiger partial charge in [-0.1, -0.05) is 38.1 Å². The van der Waals surface area contributed by atoms with Crippen LogP contribution in [0, 0.1) is 12.3 Å². The number of anilines is 3. The number of nitrogens with one attached hydrogen (secondary N) is 1. The number of allylic oxidation sites excluding steroid dienone is 2. The van der Waals surface area contributed by atoms with Crippen molar-refractivity contribution < 1.29 is 4.79 Å². The second kappa shape index (κ2) is 7.36. The minimum absolute atomic E-state index is 0.0784. The standard InChI is InChI=1S/C25H31N5O/c1-15-9-5-6-10-16(15)19-20-17(13-25(2,3)14-18(20)31)27-23-21(19)22(26)28-24(29-23)30-11-7-4-8-12-30/h5-6,9-10,19H,4,7-8,11-14H2,1-3H3,(H3,26,27,28,29)/t19-/m1/s1. The molecule has 0 spiro atoms. The molecule has 1 aromatic carbocycles. The highest BCUT2D eigenvalue weighted by Crippen LogP contribution is 2.50. The van der Waals surface area contributed by atoms with Gasteiger partial charge in [-0.05, 0) is 49.1 Å². The molecule has 2 aliphatic heterocycles. The van der Waals surface area contributed by atoms with E-state index >= 15 is 0 Å². The average Bonchev–Trinajstić information content (AvgIpc) is 2.72. The van der Waals surface area contributed by atoms with Crippen LogP contribution in [-0.2, 0) is 4.79 Å². The largest absolute Gasteiger partial charge is 0.383 e. The number of Topliss-reactive ketones (excluding diaryl/α,β-unsaturated/α-hetero) is 1. The first-order chi connectivity index (χ1) is 14.8. The molecular formula is C25H31N5O. The summed E-state index contributed by atoms with van der Waals surface area (Å²) in [6, 6.07) is 8.25. The number of ketones is 1. The first kappa shape index (κ1) is 20.0. The van der Waals surface area contributed by atoms with E-state index in [0.717, 1.165) is 66.1 Å². The minimum Gasteiger partial charge on any atom is -0.383 e. The lowest BCUT2D eigenvalue weighted by molar-refractivity contribution is -0.118. The van der Waals surface area contributed by atoms with E-state index in [-0.39, 0.29) is 17.1 Å². The van der Waals surface area contributed by atoms with Gasteiger partial charge >= 0.3 is 0 Å². The van der Waals surface area contributed by atoms with E-state index in [4.69, 9.17) is 15.7 Å². The van der Waals surface area contributed by atoms with E-state index in [2.05, 4.69) is 43.1 Å². The van der Waals surface area contributed by atoms with Crippen LogP contribution in [0.15, 0.2) is 35.5 Å². The number of piperidine rings is 1. The van der Waals surface area contributed by atoms with Crippen LogP contribution < -0.4 is 16.0 Å². The predicted octanol–water partition coefficient (Wildman–Crippen LogP) is 4.56. The Hall–Kier alpha value is -2.89. The molecule has 0 radical (unpaired) electrons. The first-order valence-corrected chi connectivity index (χ1v) is 11.4. The molecule has 3 heterocycles. The summed E-state index contributed by atoms with van der Waals surface area (Å²) in [5.41, 5.74) is 11.4. The third-order valence-electron chi connectivity index (χ3n) is 6.87. The van der Waals surface area contributed by atoms with Crippen molar-refractivity contribution >= 4 is 23.4 Å². The van der Waals surface area contributed by atoms with Gasteiger partial charge in [-0.2, -0.15) is 9.97 Å². The third-order valence-corrected chi connectivity index (χ3v) is 6.87. The van der Waals surface area contributed by atoms with Crippen molar-refractivity contribution in [1.82, 2.24) is 9.97 Å². The molecule has 0 bridgehead atoms. The highest BCUT2D eigenvalue weighted by Gasteiger charge is 2.42. The Balaban J connectivity index is 1.69. The summed E-state index contributed by atoms with van der Waals surface area (Å²) < 4.78 is 0. The van der Waals surface area contributed by atoms with Crippen molar-refractivity contribution in [1.29, 1.82) is 0 Å². The Kier molecular flexibility index (Phi) is 4.76. The zero-order valence-electron chi connectivity index (χ0n) is 18.7. The second-order valence-corrected chi connectivity index (χ2v) is 9.97. The third kappa shape index (κ3) is 3.48. The SMILES string of the molecule is Cc1ccccc1[C@@H]1C2=C(CC(C)(C)CC2=O)Nc2nc(N3CCCCC3)nc(N)c21. The van der Waals surface area contributed by atoms with Crippen molar-refractivity contribution in [2.24, 2.45) is 5.41 Å². The molecule has 162 valence electrons. The van der Waals surface area contributed by atoms with Crippen LogP contribution in [0.5, 0.6) is 0 Å². The second-order valence-electron chi connectivity index (χ2n) is 9.97. The summed E-state index contributed by atoms with van der Waals surface area (Å²) in [6.45, 7) is 8.32. The molecule has 1 fully saturated rings. The van der Waals surface area contributed by atoms with Crippen molar-refractivity contribution in [3.8, 4) is 0 Å². The van der Waals surface area contributed by atoms with Gasteiger partial charge in [0.05, 0.1) is 0 Å². The number of benzene rings is 1. The molecule has 0 saturated carbocycles. The zero-order valence-corrected chi connectivity index (χ0v) is 18.7. The van der Waals surface area contributed by atoms with Crippen LogP contribution in [0.4, 0.5) is 17.6 Å². The zero-order chi connectivity index (χ0) is 21.8. The Bertz CT molecular complexity index is 1080. The summed E-state index contributed by atoms with van der Waals surface area (Å²) in [5.74, 6) is 1.88. The van der Waals surface area contributed by atoms with Crippen LogP contribution in [0.1, 0.15) is 68.6 Å². The molecule has 2 aromatic rings. The number of hydrogen-bond donors (Lipinski definition) is 2. The average molecular weight is 418 g/mol. The fourth-order valence-electron chi connectivity index (χ4n) is 5.38. The van der Waals surface area contributed by atoms with Crippen LogP contribution in [0.2, 0.25) is 0 Å². The Morgan fingerprint density at radius 3 is 2.58 bits per heavy atom. The molecular weight excluding hydrogens is 386 g/mol. The molecule has 0 unspecified atom stereocenters. The van der Waals surface area contributed by atoms with Gasteiger partial charge in [-0.25, -0.2) is 0 Å². The molecule has 3 aliphatic rings. The molecule has 3 N–H and O–H groups in total. The molecule has 6 heteroatoms. The van der Waals surface area contributed by atoms with Gasteiger partial charge in [0.15, 0.2) is 5.78 Å². The minimum atomic E-state index is -0.230. The fourth-order valence-corrected chi connectivity index (χ4v) is 5.38. The van der Waals surface area contributed by atoms with Gasteiger partial charge in [-0.15, -0.1) is 0 Å². The number of aromatic nitrogens is 2. The Morgan fingerprint density at radius 2 is 1.84 bits per heavy atom. The molecule has 1 atom stereocenters. The summed E-state index contributed by atoms with van der Waals surface area (Å²) in [6.07, 6.45) is 4.91. The number of carbonyl (C=O) groups is 1. The predicted molar refractivity (Wildman–Crippen MR) is 124 cm³/mol. The normalized spacial score (nSPS) is 22.6. The summed E-state index contributed by atoms with van der Waals surface area (Å²) in [5, 5.41) is 3.53. The number of fused-ring (bicyclic) bond motifs is 1. The fraction of sp³-hybridized carbons (Fsp3) is 0.480. The molecule has 1 saturated heterocycles.